The van der Waals surface area contributed by atoms with Crippen molar-refractivity contribution in [1.82, 2.24) is 10.6 Å². The molecule has 0 heterocycles. The summed E-state index contributed by atoms with van der Waals surface area (Å²) < 4.78 is 0. The molecule has 2 unspecified atom stereocenters. The van der Waals surface area contributed by atoms with E-state index in [-0.39, 0.29) is 0 Å². The van der Waals surface area contributed by atoms with Gasteiger partial charge in [0.1, 0.15) is 0 Å². The number of rotatable bonds is 4. The predicted molar refractivity (Wildman–Crippen MR) is 83.5 cm³/mol. The van der Waals surface area contributed by atoms with Gasteiger partial charge in [-0.2, -0.15) is 11.8 Å². The van der Waals surface area contributed by atoms with E-state index in [4.69, 9.17) is 0 Å². The molecular formula is C14H29N3S. The maximum absolute atomic E-state index is 4.31. The monoisotopic (exact) mass is 271 g/mol. The zero-order chi connectivity index (χ0) is 13.6. The lowest BCUT2D eigenvalue weighted by Crippen LogP contribution is -2.43. The van der Waals surface area contributed by atoms with Crippen molar-refractivity contribution in [3.63, 3.8) is 0 Å². The van der Waals surface area contributed by atoms with E-state index in [0.29, 0.717) is 11.5 Å². The Morgan fingerprint density at radius 3 is 2.56 bits per heavy atom. The normalized spacial score (nSPS) is 25.3. The molecule has 0 aromatic carbocycles. The van der Waals surface area contributed by atoms with E-state index in [9.17, 15) is 0 Å². The highest BCUT2D eigenvalue weighted by molar-refractivity contribution is 7.99. The van der Waals surface area contributed by atoms with Gasteiger partial charge >= 0.3 is 0 Å². The van der Waals surface area contributed by atoms with E-state index in [1.807, 2.05) is 18.8 Å². The summed E-state index contributed by atoms with van der Waals surface area (Å²) in [5, 5.41) is 7.79. The molecule has 18 heavy (non-hydrogen) atoms. The fourth-order valence-corrected chi connectivity index (χ4v) is 3.03. The van der Waals surface area contributed by atoms with Gasteiger partial charge in [0, 0.05) is 24.9 Å². The number of nitrogens with zero attached hydrogens (tertiary/aromatic N) is 1. The second-order valence-corrected chi connectivity index (χ2v) is 7.46. The second-order valence-electron chi connectivity index (χ2n) is 6.32. The van der Waals surface area contributed by atoms with Gasteiger partial charge in [-0.25, -0.2) is 0 Å². The van der Waals surface area contributed by atoms with Gasteiger partial charge in [0.15, 0.2) is 5.96 Å². The zero-order valence-electron chi connectivity index (χ0n) is 12.5. The standard InChI is InChI=1S/C14H29N3S/c1-14(2,3)8-9-16-13(15-4)17-11-6-7-12(10-11)18-5/h11-12H,6-10H2,1-5H3,(H2,15,16,17). The van der Waals surface area contributed by atoms with Crippen molar-refractivity contribution in [2.75, 3.05) is 19.8 Å². The zero-order valence-corrected chi connectivity index (χ0v) is 13.4. The maximum Gasteiger partial charge on any atom is 0.191 e. The van der Waals surface area contributed by atoms with Gasteiger partial charge < -0.3 is 10.6 Å². The summed E-state index contributed by atoms with van der Waals surface area (Å²) in [6, 6.07) is 0.600. The first kappa shape index (κ1) is 15.7. The smallest absolute Gasteiger partial charge is 0.191 e. The Bertz CT molecular complexity index is 271. The Kier molecular flexibility index (Phi) is 6.33. The summed E-state index contributed by atoms with van der Waals surface area (Å²) in [6.07, 6.45) is 7.24. The Labute approximate surface area is 117 Å². The Morgan fingerprint density at radius 2 is 2.06 bits per heavy atom. The number of nitrogens with one attached hydrogen (secondary N) is 2. The highest BCUT2D eigenvalue weighted by Crippen LogP contribution is 2.28. The molecule has 0 saturated heterocycles. The van der Waals surface area contributed by atoms with Crippen LogP contribution < -0.4 is 10.6 Å². The average Bonchev–Trinajstić information content (AvgIpc) is 2.74. The molecule has 106 valence electrons. The first-order valence-electron chi connectivity index (χ1n) is 6.94. The molecule has 0 aromatic rings. The first-order valence-corrected chi connectivity index (χ1v) is 8.23. The molecule has 1 fully saturated rings. The van der Waals surface area contributed by atoms with Crippen LogP contribution in [0.2, 0.25) is 0 Å². The molecular weight excluding hydrogens is 242 g/mol. The number of hydrogen-bond donors (Lipinski definition) is 2. The molecule has 2 atom stereocenters. The molecule has 3 nitrogen and oxygen atoms in total. The van der Waals surface area contributed by atoms with Crippen molar-refractivity contribution in [1.29, 1.82) is 0 Å². The van der Waals surface area contributed by atoms with Crippen molar-refractivity contribution in [2.45, 2.75) is 57.7 Å². The van der Waals surface area contributed by atoms with Crippen LogP contribution in [-0.4, -0.2) is 37.1 Å². The second kappa shape index (κ2) is 7.27. The number of hydrogen-bond acceptors (Lipinski definition) is 2. The molecule has 1 rings (SSSR count). The molecule has 0 amide bonds. The highest BCUT2D eigenvalue weighted by atomic mass is 32.2. The molecule has 1 saturated carbocycles. The average molecular weight is 271 g/mol. The van der Waals surface area contributed by atoms with Gasteiger partial charge in [0.2, 0.25) is 0 Å². The van der Waals surface area contributed by atoms with E-state index in [1.165, 1.54) is 19.3 Å². The summed E-state index contributed by atoms with van der Waals surface area (Å²) in [5.74, 6) is 0.964. The summed E-state index contributed by atoms with van der Waals surface area (Å²) in [4.78, 5) is 4.31. The lowest BCUT2D eigenvalue weighted by molar-refractivity contribution is 0.377. The third-order valence-electron chi connectivity index (χ3n) is 3.45. The molecule has 2 N–H and O–H groups in total. The molecule has 1 aliphatic carbocycles. The molecule has 0 aliphatic heterocycles. The van der Waals surface area contributed by atoms with Crippen molar-refractivity contribution in [2.24, 2.45) is 10.4 Å². The summed E-state index contributed by atoms with van der Waals surface area (Å²) in [6.45, 7) is 7.79. The number of guanidine groups is 1. The van der Waals surface area contributed by atoms with Crippen molar-refractivity contribution in [3.8, 4) is 0 Å². The SMILES string of the molecule is CN=C(NCCC(C)(C)C)NC1CCC(SC)C1. The van der Waals surface area contributed by atoms with E-state index in [1.54, 1.807) is 0 Å². The van der Waals surface area contributed by atoms with E-state index >= 15 is 0 Å². The van der Waals surface area contributed by atoms with E-state index in [2.05, 4.69) is 42.7 Å². The van der Waals surface area contributed by atoms with Crippen LogP contribution in [0.25, 0.3) is 0 Å². The van der Waals surface area contributed by atoms with Crippen LogP contribution >= 0.6 is 11.8 Å². The topological polar surface area (TPSA) is 36.4 Å². The fraction of sp³-hybridized carbons (Fsp3) is 0.929. The van der Waals surface area contributed by atoms with Gasteiger partial charge in [0.05, 0.1) is 0 Å². The van der Waals surface area contributed by atoms with Crippen LogP contribution in [-0.2, 0) is 0 Å². The van der Waals surface area contributed by atoms with Crippen LogP contribution in [0.4, 0.5) is 0 Å². The minimum absolute atomic E-state index is 0.378. The van der Waals surface area contributed by atoms with Gasteiger partial charge in [-0.05, 0) is 37.4 Å². The molecule has 0 aromatic heterocycles. The largest absolute Gasteiger partial charge is 0.356 e. The predicted octanol–water partition coefficient (Wildman–Crippen LogP) is 2.87. The highest BCUT2D eigenvalue weighted by Gasteiger charge is 2.24. The fourth-order valence-electron chi connectivity index (χ4n) is 2.23. The van der Waals surface area contributed by atoms with E-state index in [0.717, 1.165) is 24.2 Å². The van der Waals surface area contributed by atoms with Crippen LogP contribution in [0.3, 0.4) is 0 Å². The maximum atomic E-state index is 4.31. The van der Waals surface area contributed by atoms with Crippen LogP contribution in [0.1, 0.15) is 46.5 Å². The van der Waals surface area contributed by atoms with Crippen LogP contribution in [0.5, 0.6) is 0 Å². The molecule has 1 aliphatic rings. The number of aliphatic imine (C=N–C) groups is 1. The van der Waals surface area contributed by atoms with Gasteiger partial charge in [-0.15, -0.1) is 0 Å². The molecule has 0 spiro atoms. The van der Waals surface area contributed by atoms with Crippen molar-refractivity contribution in [3.05, 3.63) is 0 Å². The Hall–Kier alpha value is -0.380. The van der Waals surface area contributed by atoms with Crippen LogP contribution in [0, 0.1) is 5.41 Å². The quantitative estimate of drug-likeness (QED) is 0.610. The summed E-state index contributed by atoms with van der Waals surface area (Å²) in [7, 11) is 1.85. The van der Waals surface area contributed by atoms with Crippen LogP contribution in [0.15, 0.2) is 4.99 Å². The van der Waals surface area contributed by atoms with Gasteiger partial charge in [-0.3, -0.25) is 4.99 Å². The van der Waals surface area contributed by atoms with E-state index < -0.39 is 0 Å². The molecule has 0 bridgehead atoms. The third kappa shape index (κ3) is 5.98. The minimum Gasteiger partial charge on any atom is -0.356 e. The Balaban J connectivity index is 2.26. The lowest BCUT2D eigenvalue weighted by Gasteiger charge is -2.21. The van der Waals surface area contributed by atoms with Gasteiger partial charge in [-0.1, -0.05) is 20.8 Å². The Morgan fingerprint density at radius 1 is 1.33 bits per heavy atom. The van der Waals surface area contributed by atoms with Crippen molar-refractivity contribution >= 4 is 17.7 Å². The van der Waals surface area contributed by atoms with Gasteiger partial charge in [0.25, 0.3) is 0 Å². The lowest BCUT2D eigenvalue weighted by atomic mass is 9.92. The first-order chi connectivity index (χ1) is 8.44. The third-order valence-corrected chi connectivity index (χ3v) is 4.54. The summed E-state index contributed by atoms with van der Waals surface area (Å²) >= 11 is 1.99. The summed E-state index contributed by atoms with van der Waals surface area (Å²) in [5.41, 5.74) is 0.378. The molecule has 4 heteroatoms. The number of thioether (sulfide) groups is 1. The van der Waals surface area contributed by atoms with Crippen molar-refractivity contribution < 1.29 is 0 Å². The minimum atomic E-state index is 0.378. The molecule has 0 radical (unpaired) electrons.